The highest BCUT2D eigenvalue weighted by Crippen LogP contribution is 2.39. The Bertz CT molecular complexity index is 237. The smallest absolute Gasteiger partial charge is 0.0587 e. The van der Waals surface area contributed by atoms with Crippen molar-refractivity contribution in [2.45, 2.75) is 52.9 Å². The van der Waals surface area contributed by atoms with Gasteiger partial charge in [-0.25, -0.2) is 0 Å². The number of methoxy groups -OCH3 is 1. The van der Waals surface area contributed by atoms with Crippen LogP contribution in [0.15, 0.2) is 0 Å². The summed E-state index contributed by atoms with van der Waals surface area (Å²) in [6.45, 7) is 13.6. The summed E-state index contributed by atoms with van der Waals surface area (Å²) in [7, 11) is 1.78. The van der Waals surface area contributed by atoms with Gasteiger partial charge in [0.2, 0.25) is 0 Å². The molecule has 0 radical (unpaired) electrons. The Morgan fingerprint density at radius 1 is 1.25 bits per heavy atom. The molecule has 0 saturated heterocycles. The fraction of sp³-hybridized carbons (Fsp3) is 1.00. The van der Waals surface area contributed by atoms with E-state index in [-0.39, 0.29) is 0 Å². The Labute approximate surface area is 126 Å². The minimum atomic E-state index is 0.491. The molecular formula is C17H36N2O. The molecule has 0 aromatic rings. The summed E-state index contributed by atoms with van der Waals surface area (Å²) in [4.78, 5) is 2.65. The van der Waals surface area contributed by atoms with Gasteiger partial charge >= 0.3 is 0 Å². The van der Waals surface area contributed by atoms with Crippen LogP contribution in [0.25, 0.3) is 0 Å². The van der Waals surface area contributed by atoms with Crippen molar-refractivity contribution < 1.29 is 4.74 Å². The van der Waals surface area contributed by atoms with Crippen LogP contribution >= 0.6 is 0 Å². The predicted molar refractivity (Wildman–Crippen MR) is 87.2 cm³/mol. The molecule has 0 heterocycles. The summed E-state index contributed by atoms with van der Waals surface area (Å²) in [5.41, 5.74) is 0.491. The van der Waals surface area contributed by atoms with Crippen LogP contribution in [-0.2, 0) is 4.74 Å². The minimum absolute atomic E-state index is 0.491. The van der Waals surface area contributed by atoms with Gasteiger partial charge in [-0.2, -0.15) is 0 Å². The van der Waals surface area contributed by atoms with E-state index in [9.17, 15) is 0 Å². The van der Waals surface area contributed by atoms with E-state index >= 15 is 0 Å². The van der Waals surface area contributed by atoms with E-state index < -0.39 is 0 Å². The summed E-state index contributed by atoms with van der Waals surface area (Å²) in [5.74, 6) is 0.920. The fourth-order valence-corrected chi connectivity index (χ4v) is 3.43. The monoisotopic (exact) mass is 284 g/mol. The second-order valence-corrected chi connectivity index (χ2v) is 6.72. The van der Waals surface area contributed by atoms with Crippen molar-refractivity contribution in [2.24, 2.45) is 11.3 Å². The highest BCUT2D eigenvalue weighted by molar-refractivity contribution is 4.89. The van der Waals surface area contributed by atoms with Crippen molar-refractivity contribution in [2.75, 3.05) is 46.4 Å². The maximum Gasteiger partial charge on any atom is 0.0587 e. The Kier molecular flexibility index (Phi) is 8.74. The van der Waals surface area contributed by atoms with Crippen molar-refractivity contribution in [3.8, 4) is 0 Å². The number of ether oxygens (including phenoxy) is 1. The average Bonchev–Trinajstić information content (AvgIpc) is 2.46. The predicted octanol–water partition coefficient (Wildman–Crippen LogP) is 3.15. The third kappa shape index (κ3) is 6.11. The van der Waals surface area contributed by atoms with Gasteiger partial charge in [-0.3, -0.25) is 0 Å². The van der Waals surface area contributed by atoms with E-state index in [2.05, 4.69) is 31.0 Å². The number of rotatable bonds is 10. The molecule has 0 aromatic carbocycles. The standard InChI is InChI=1S/C17H36N2O/c1-5-12-19(6-2)15-17(14-18-11-13-20-4)9-7-16(3)8-10-17/h16,18H,5-15H2,1-4H3. The van der Waals surface area contributed by atoms with Gasteiger partial charge in [0.15, 0.2) is 0 Å². The first-order chi connectivity index (χ1) is 9.65. The van der Waals surface area contributed by atoms with Crippen molar-refractivity contribution in [3.63, 3.8) is 0 Å². The SMILES string of the molecule is CCCN(CC)CC1(CNCCOC)CCC(C)CC1. The molecule has 1 rings (SSSR count). The van der Waals surface area contributed by atoms with Gasteiger partial charge in [0.25, 0.3) is 0 Å². The van der Waals surface area contributed by atoms with E-state index in [1.54, 1.807) is 7.11 Å². The first-order valence-corrected chi connectivity index (χ1v) is 8.57. The zero-order chi connectivity index (χ0) is 14.8. The van der Waals surface area contributed by atoms with Crippen LogP contribution in [0.5, 0.6) is 0 Å². The van der Waals surface area contributed by atoms with Crippen LogP contribution in [0.4, 0.5) is 0 Å². The lowest BCUT2D eigenvalue weighted by atomic mass is 9.70. The highest BCUT2D eigenvalue weighted by atomic mass is 16.5. The lowest BCUT2D eigenvalue weighted by Crippen LogP contribution is -2.46. The normalized spacial score (nSPS) is 27.1. The molecule has 3 heteroatoms. The molecule has 1 aliphatic carbocycles. The first kappa shape index (κ1) is 17.9. The fourth-order valence-electron chi connectivity index (χ4n) is 3.43. The molecule has 1 fully saturated rings. The Morgan fingerprint density at radius 3 is 2.50 bits per heavy atom. The third-order valence-corrected chi connectivity index (χ3v) is 4.86. The van der Waals surface area contributed by atoms with Gasteiger partial charge < -0.3 is 15.0 Å². The second-order valence-electron chi connectivity index (χ2n) is 6.72. The first-order valence-electron chi connectivity index (χ1n) is 8.57. The number of nitrogens with zero attached hydrogens (tertiary/aromatic N) is 1. The summed E-state index contributed by atoms with van der Waals surface area (Å²) >= 11 is 0. The van der Waals surface area contributed by atoms with Crippen molar-refractivity contribution in [1.29, 1.82) is 0 Å². The van der Waals surface area contributed by atoms with Crippen LogP contribution in [0.2, 0.25) is 0 Å². The van der Waals surface area contributed by atoms with Crippen LogP contribution in [0.3, 0.4) is 0 Å². The number of hydrogen-bond acceptors (Lipinski definition) is 3. The summed E-state index contributed by atoms with van der Waals surface area (Å²) in [5, 5.41) is 3.63. The second kappa shape index (κ2) is 9.75. The molecule has 0 bridgehead atoms. The van der Waals surface area contributed by atoms with Crippen molar-refractivity contribution in [1.82, 2.24) is 10.2 Å². The average molecular weight is 284 g/mol. The van der Waals surface area contributed by atoms with E-state index in [1.165, 1.54) is 51.7 Å². The lowest BCUT2D eigenvalue weighted by molar-refractivity contribution is 0.0861. The third-order valence-electron chi connectivity index (χ3n) is 4.86. The zero-order valence-electron chi connectivity index (χ0n) is 14.2. The quantitative estimate of drug-likeness (QED) is 0.624. The number of hydrogen-bond donors (Lipinski definition) is 1. The van der Waals surface area contributed by atoms with Gasteiger partial charge in [-0.05, 0) is 43.7 Å². The molecule has 0 aromatic heterocycles. The van der Waals surface area contributed by atoms with E-state index in [1.807, 2.05) is 0 Å². The number of nitrogens with one attached hydrogen (secondary N) is 1. The molecule has 0 unspecified atom stereocenters. The van der Waals surface area contributed by atoms with Gasteiger partial charge in [0, 0.05) is 26.7 Å². The maximum absolute atomic E-state index is 5.15. The van der Waals surface area contributed by atoms with Crippen LogP contribution in [-0.4, -0.2) is 51.3 Å². The van der Waals surface area contributed by atoms with Crippen molar-refractivity contribution >= 4 is 0 Å². The maximum atomic E-state index is 5.15. The van der Waals surface area contributed by atoms with Crippen LogP contribution in [0.1, 0.15) is 52.9 Å². The lowest BCUT2D eigenvalue weighted by Gasteiger charge is -2.43. The van der Waals surface area contributed by atoms with Crippen molar-refractivity contribution in [3.05, 3.63) is 0 Å². The molecule has 20 heavy (non-hydrogen) atoms. The molecule has 0 aliphatic heterocycles. The van der Waals surface area contributed by atoms with Gasteiger partial charge in [0.1, 0.15) is 0 Å². The van der Waals surface area contributed by atoms with Crippen LogP contribution < -0.4 is 5.32 Å². The largest absolute Gasteiger partial charge is 0.383 e. The molecule has 1 saturated carbocycles. The molecule has 3 nitrogen and oxygen atoms in total. The van der Waals surface area contributed by atoms with E-state index in [4.69, 9.17) is 4.74 Å². The summed E-state index contributed by atoms with van der Waals surface area (Å²) in [6.07, 6.45) is 6.82. The van der Waals surface area contributed by atoms with Crippen LogP contribution in [0, 0.1) is 11.3 Å². The molecule has 0 atom stereocenters. The summed E-state index contributed by atoms with van der Waals surface area (Å²) < 4.78 is 5.15. The Morgan fingerprint density at radius 2 is 1.95 bits per heavy atom. The van der Waals surface area contributed by atoms with E-state index in [0.29, 0.717) is 5.41 Å². The van der Waals surface area contributed by atoms with Gasteiger partial charge in [-0.1, -0.05) is 33.6 Å². The molecule has 120 valence electrons. The molecular weight excluding hydrogens is 248 g/mol. The Hall–Kier alpha value is -0.120. The highest BCUT2D eigenvalue weighted by Gasteiger charge is 2.35. The Balaban J connectivity index is 2.53. The van der Waals surface area contributed by atoms with Gasteiger partial charge in [0.05, 0.1) is 6.61 Å². The zero-order valence-corrected chi connectivity index (χ0v) is 14.2. The molecule has 0 amide bonds. The summed E-state index contributed by atoms with van der Waals surface area (Å²) in [6, 6.07) is 0. The topological polar surface area (TPSA) is 24.5 Å². The van der Waals surface area contributed by atoms with Gasteiger partial charge in [-0.15, -0.1) is 0 Å². The molecule has 1 N–H and O–H groups in total. The van der Waals surface area contributed by atoms with E-state index in [0.717, 1.165) is 25.6 Å². The minimum Gasteiger partial charge on any atom is -0.383 e. The molecule has 1 aliphatic rings. The molecule has 0 spiro atoms.